The highest BCUT2D eigenvalue weighted by atomic mass is 31.2. The largest absolute Gasteiger partial charge is 0.472 e. The first-order valence-electron chi connectivity index (χ1n) is 30.8. The van der Waals surface area contributed by atoms with Crippen LogP contribution in [0, 0.1) is 0 Å². The molecular formula is C64H113O11P. The van der Waals surface area contributed by atoms with E-state index in [1.54, 1.807) is 0 Å². The van der Waals surface area contributed by atoms with Gasteiger partial charge in [0.15, 0.2) is 6.10 Å². The maximum Gasteiger partial charge on any atom is 0.472 e. The lowest BCUT2D eigenvalue weighted by Crippen LogP contribution is -2.30. The first-order chi connectivity index (χ1) is 37.2. The van der Waals surface area contributed by atoms with Gasteiger partial charge in [-0.25, -0.2) is 4.57 Å². The van der Waals surface area contributed by atoms with Crippen LogP contribution in [0.15, 0.2) is 72.9 Å². The molecule has 0 bridgehead atoms. The molecule has 0 saturated heterocycles. The number of aliphatic hydroxyl groups excluding tert-OH is 1. The molecule has 0 amide bonds. The maximum absolute atomic E-state index is 12.9. The Morgan fingerprint density at radius 3 is 1.09 bits per heavy atom. The first-order valence-corrected chi connectivity index (χ1v) is 32.3. The Bertz CT molecular complexity index is 1550. The third-order valence-corrected chi connectivity index (χ3v) is 14.1. The quantitative estimate of drug-likeness (QED) is 0.0197. The van der Waals surface area contributed by atoms with Crippen LogP contribution in [-0.2, 0) is 42.2 Å². The molecule has 0 radical (unpaired) electrons. The molecule has 0 aromatic heterocycles. The Morgan fingerprint density at radius 2 is 0.684 bits per heavy atom. The Kier molecular flexibility index (Phi) is 55.7. The van der Waals surface area contributed by atoms with Crippen LogP contribution < -0.4 is 0 Å². The molecule has 0 aromatic carbocycles. The van der Waals surface area contributed by atoms with Crippen molar-refractivity contribution in [2.75, 3.05) is 26.4 Å². The van der Waals surface area contributed by atoms with Crippen LogP contribution in [-0.4, -0.2) is 66.5 Å². The molecule has 0 aliphatic rings. The zero-order valence-corrected chi connectivity index (χ0v) is 49.6. The predicted octanol–water partition coefficient (Wildman–Crippen LogP) is 18.5. The van der Waals surface area contributed by atoms with Crippen LogP contribution in [0.5, 0.6) is 0 Å². The van der Waals surface area contributed by atoms with Crippen molar-refractivity contribution in [3.63, 3.8) is 0 Å². The summed E-state index contributed by atoms with van der Waals surface area (Å²) in [5.74, 6) is -1.50. The summed E-state index contributed by atoms with van der Waals surface area (Å²) in [5.41, 5.74) is 0. The fourth-order valence-corrected chi connectivity index (χ4v) is 9.22. The van der Waals surface area contributed by atoms with Crippen LogP contribution in [0.2, 0.25) is 0 Å². The van der Waals surface area contributed by atoms with E-state index in [4.69, 9.17) is 23.3 Å². The minimum Gasteiger partial charge on any atom is -0.462 e. The van der Waals surface area contributed by atoms with Crippen molar-refractivity contribution < 1.29 is 52.2 Å². The number of phosphoric ester groups is 1. The summed E-state index contributed by atoms with van der Waals surface area (Å²) in [7, 11) is -4.76. The number of allylic oxidation sites excluding steroid dienone is 12. The number of aliphatic hydroxyl groups is 1. The smallest absolute Gasteiger partial charge is 0.462 e. The highest BCUT2D eigenvalue weighted by Gasteiger charge is 2.28. The van der Waals surface area contributed by atoms with Gasteiger partial charge in [0.1, 0.15) is 12.7 Å². The van der Waals surface area contributed by atoms with E-state index in [2.05, 4.69) is 93.7 Å². The topological polar surface area (TPSA) is 155 Å². The molecular weight excluding hydrogens is 976 g/mol. The molecule has 0 aliphatic carbocycles. The molecule has 3 atom stereocenters. The molecule has 0 fully saturated rings. The van der Waals surface area contributed by atoms with Gasteiger partial charge in [-0.2, -0.15) is 0 Å². The van der Waals surface area contributed by atoms with Gasteiger partial charge in [-0.15, -0.1) is 0 Å². The van der Waals surface area contributed by atoms with E-state index in [1.807, 2.05) is 0 Å². The molecule has 0 heterocycles. The van der Waals surface area contributed by atoms with E-state index < -0.39 is 57.8 Å². The van der Waals surface area contributed by atoms with Gasteiger partial charge >= 0.3 is 25.7 Å². The van der Waals surface area contributed by atoms with E-state index in [9.17, 15) is 28.9 Å². The Morgan fingerprint density at radius 1 is 0.382 bits per heavy atom. The second kappa shape index (κ2) is 58.1. The van der Waals surface area contributed by atoms with E-state index in [1.165, 1.54) is 109 Å². The summed E-state index contributed by atoms with van der Waals surface area (Å²) in [4.78, 5) is 48.6. The Balaban J connectivity index is 4.76. The summed E-state index contributed by atoms with van der Waals surface area (Å²) in [6, 6.07) is 0. The molecule has 0 aromatic rings. The summed E-state index contributed by atoms with van der Waals surface area (Å²) >= 11 is 0. The van der Waals surface area contributed by atoms with E-state index in [-0.39, 0.29) is 25.9 Å². The molecule has 0 aliphatic heterocycles. The number of rotatable bonds is 57. The van der Waals surface area contributed by atoms with E-state index >= 15 is 0 Å². The normalized spacial score (nSPS) is 13.8. The van der Waals surface area contributed by atoms with Crippen LogP contribution in [0.3, 0.4) is 0 Å². The van der Waals surface area contributed by atoms with Crippen LogP contribution >= 0.6 is 7.82 Å². The second-order valence-corrected chi connectivity index (χ2v) is 21.9. The standard InChI is InChI=1S/C64H113O11P/c1-4-7-10-13-16-19-22-25-27-29-30-32-33-36-38-41-44-47-50-53-62(66)71-57-61(75-64(68)55-52-49-46-43-40-37-34-31-28-26-23-20-17-14-11-8-5-2)59-73-76(69,70)72-58-60(56-65)74-63(67)54-51-48-45-42-39-35-24-21-18-15-12-9-6-3/h7,10,16,19,21,24-25,27,30,32,36,38,60-61,65H,4-6,8-9,11-15,17-18,20,22-23,26,28-29,31,33-35,37,39-59H2,1-3H3,(H,69,70)/b10-7-,19-16-,24-21-,27-25-,32-30-,38-36-. The number of hydrogen-bond donors (Lipinski definition) is 2. The lowest BCUT2D eigenvalue weighted by molar-refractivity contribution is -0.161. The molecule has 12 heteroatoms. The summed E-state index contributed by atoms with van der Waals surface area (Å²) in [6.07, 6.45) is 65.7. The van der Waals surface area contributed by atoms with Gasteiger partial charge in [-0.05, 0) is 89.9 Å². The van der Waals surface area contributed by atoms with Crippen molar-refractivity contribution in [1.29, 1.82) is 0 Å². The van der Waals surface area contributed by atoms with Gasteiger partial charge in [-0.3, -0.25) is 23.4 Å². The molecule has 0 spiro atoms. The molecule has 0 saturated carbocycles. The number of ether oxygens (including phenoxy) is 3. The highest BCUT2D eigenvalue weighted by molar-refractivity contribution is 7.47. The summed E-state index contributed by atoms with van der Waals surface area (Å²) in [6.45, 7) is 4.50. The number of carbonyl (C=O) groups excluding carboxylic acids is 3. The van der Waals surface area contributed by atoms with Crippen molar-refractivity contribution in [2.45, 2.75) is 290 Å². The van der Waals surface area contributed by atoms with Crippen LogP contribution in [0.25, 0.3) is 0 Å². The van der Waals surface area contributed by atoms with Crippen molar-refractivity contribution in [3.05, 3.63) is 72.9 Å². The minimum absolute atomic E-state index is 0.161. The molecule has 76 heavy (non-hydrogen) atoms. The summed E-state index contributed by atoms with van der Waals surface area (Å²) < 4.78 is 39.6. The van der Waals surface area contributed by atoms with Crippen molar-refractivity contribution >= 4 is 25.7 Å². The molecule has 0 rings (SSSR count). The van der Waals surface area contributed by atoms with E-state index in [0.29, 0.717) is 19.3 Å². The van der Waals surface area contributed by atoms with E-state index in [0.717, 1.165) is 109 Å². The molecule has 11 nitrogen and oxygen atoms in total. The highest BCUT2D eigenvalue weighted by Crippen LogP contribution is 2.43. The minimum atomic E-state index is -4.76. The van der Waals surface area contributed by atoms with Gasteiger partial charge in [0.2, 0.25) is 0 Å². The zero-order chi connectivity index (χ0) is 55.5. The van der Waals surface area contributed by atoms with Crippen LogP contribution in [0.1, 0.15) is 278 Å². The second-order valence-electron chi connectivity index (χ2n) is 20.5. The lowest BCUT2D eigenvalue weighted by Gasteiger charge is -2.21. The monoisotopic (exact) mass is 1090 g/mol. The average Bonchev–Trinajstić information content (AvgIpc) is 3.41. The predicted molar refractivity (Wildman–Crippen MR) is 316 cm³/mol. The van der Waals surface area contributed by atoms with Gasteiger partial charge in [-0.1, -0.05) is 241 Å². The van der Waals surface area contributed by atoms with Gasteiger partial charge in [0, 0.05) is 19.3 Å². The third kappa shape index (κ3) is 55.7. The Hall–Kier alpha value is -3.08. The van der Waals surface area contributed by atoms with Gasteiger partial charge < -0.3 is 24.2 Å². The van der Waals surface area contributed by atoms with Crippen molar-refractivity contribution in [1.82, 2.24) is 0 Å². The number of carbonyl (C=O) groups is 3. The van der Waals surface area contributed by atoms with Gasteiger partial charge in [0.25, 0.3) is 0 Å². The number of phosphoric acid groups is 1. The molecule has 3 unspecified atom stereocenters. The van der Waals surface area contributed by atoms with Gasteiger partial charge in [0.05, 0.1) is 19.8 Å². The molecule has 2 N–H and O–H groups in total. The van der Waals surface area contributed by atoms with Crippen molar-refractivity contribution in [3.8, 4) is 0 Å². The number of unbranched alkanes of at least 4 members (excludes halogenated alkanes) is 28. The molecule has 440 valence electrons. The summed E-state index contributed by atoms with van der Waals surface area (Å²) in [5, 5.41) is 9.82. The first kappa shape index (κ1) is 72.9. The van der Waals surface area contributed by atoms with Crippen LogP contribution in [0.4, 0.5) is 0 Å². The fourth-order valence-electron chi connectivity index (χ4n) is 8.44. The Labute approximate surface area is 465 Å². The third-order valence-electron chi connectivity index (χ3n) is 13.1. The van der Waals surface area contributed by atoms with Crippen molar-refractivity contribution in [2.24, 2.45) is 0 Å². The maximum atomic E-state index is 12.9. The lowest BCUT2D eigenvalue weighted by atomic mass is 10.0. The number of esters is 3. The SMILES string of the molecule is CC/C=C\C/C=C\C/C=C\C/C=C\C/C=C\CCCCCC(=O)OCC(COP(=O)(O)OCC(CO)OC(=O)CCCCCCC/C=C\CCCCCC)OC(=O)CCCCCCCCCCCCCCCCCCC. The number of hydrogen-bond acceptors (Lipinski definition) is 10. The fraction of sp³-hybridized carbons (Fsp3) is 0.766. The average molecular weight is 1090 g/mol. The zero-order valence-electron chi connectivity index (χ0n) is 48.7.